The number of hydrogen-bond acceptors (Lipinski definition) is 4. The molecule has 0 aromatic heterocycles. The van der Waals surface area contributed by atoms with Gasteiger partial charge in [0.25, 0.3) is 0 Å². The van der Waals surface area contributed by atoms with Crippen molar-refractivity contribution in [3.8, 4) is 0 Å². The zero-order valence-electron chi connectivity index (χ0n) is 29.5. The molecule has 0 aliphatic carbocycles. The molecule has 2 aliphatic heterocycles. The van der Waals surface area contributed by atoms with Crippen LogP contribution in [0.4, 0.5) is 0 Å². The molecule has 5 nitrogen and oxygen atoms in total. The summed E-state index contributed by atoms with van der Waals surface area (Å²) in [6.45, 7) is 13.7. The molecule has 0 amide bonds. The largest absolute Gasteiger partial charge is 0.744 e. The minimum Gasteiger partial charge on any atom is -0.744 e. The van der Waals surface area contributed by atoms with Gasteiger partial charge in [-0.15, -0.1) is 6.58 Å². The summed E-state index contributed by atoms with van der Waals surface area (Å²) in [5, 5.41) is 2.77. The highest BCUT2D eigenvalue weighted by molar-refractivity contribution is 7.86. The van der Waals surface area contributed by atoms with Crippen LogP contribution in [0.1, 0.15) is 62.3 Å². The second kappa shape index (κ2) is 16.6. The Balaban J connectivity index is 0.000000196. The molecule has 0 saturated carbocycles. The Labute approximate surface area is 313 Å². The van der Waals surface area contributed by atoms with E-state index in [1.54, 1.807) is 36.4 Å². The summed E-state index contributed by atoms with van der Waals surface area (Å²) in [6, 6.07) is 38.9. The smallest absolute Gasteiger partial charge is 0.343 e. The lowest BCUT2D eigenvalue weighted by molar-refractivity contribution is -0.616. The Hall–Kier alpha value is -3.94. The molecule has 5 aromatic rings. The van der Waals surface area contributed by atoms with Crippen LogP contribution < -0.4 is 0 Å². The van der Waals surface area contributed by atoms with E-state index in [0.717, 1.165) is 40.8 Å². The minimum absolute atomic E-state index is 0.0959. The highest BCUT2D eigenvalue weighted by Gasteiger charge is 2.57. The van der Waals surface area contributed by atoms with Crippen LogP contribution in [0.3, 0.4) is 0 Å². The summed E-state index contributed by atoms with van der Waals surface area (Å²) in [7, 11) is -4.38. The Morgan fingerprint density at radius 2 is 1.53 bits per heavy atom. The van der Waals surface area contributed by atoms with E-state index in [4.69, 9.17) is 27.9 Å². The second-order valence-electron chi connectivity index (χ2n) is 13.8. The van der Waals surface area contributed by atoms with E-state index in [1.165, 1.54) is 22.8 Å². The van der Waals surface area contributed by atoms with Crippen LogP contribution in [-0.2, 0) is 14.9 Å². The van der Waals surface area contributed by atoms with E-state index in [2.05, 4.69) is 81.3 Å². The lowest BCUT2D eigenvalue weighted by Gasteiger charge is -2.39. The fourth-order valence-corrected chi connectivity index (χ4v) is 8.23. The van der Waals surface area contributed by atoms with Gasteiger partial charge in [-0.2, -0.15) is 4.58 Å². The molecule has 4 atom stereocenters. The average molecular weight is 743 g/mol. The molecule has 0 N–H and O–H groups in total. The Morgan fingerprint density at radius 3 is 2.14 bits per heavy atom. The molecule has 0 radical (unpaired) electrons. The molecule has 266 valence electrons. The van der Waals surface area contributed by atoms with Crippen LogP contribution in [0.5, 0.6) is 0 Å². The Kier molecular flexibility index (Phi) is 12.5. The van der Waals surface area contributed by atoms with Crippen molar-refractivity contribution in [1.82, 2.24) is 0 Å². The van der Waals surface area contributed by atoms with E-state index in [-0.39, 0.29) is 22.3 Å². The Morgan fingerprint density at radius 1 is 0.882 bits per heavy atom. The summed E-state index contributed by atoms with van der Waals surface area (Å²) in [5.74, 6) is 1.87. The highest BCUT2D eigenvalue weighted by atomic mass is 35.5. The molecule has 0 saturated heterocycles. The van der Waals surface area contributed by atoms with Crippen molar-refractivity contribution < 1.29 is 22.3 Å². The topological polar surface area (TPSA) is 69.4 Å². The van der Waals surface area contributed by atoms with Crippen LogP contribution >= 0.6 is 23.2 Å². The third kappa shape index (κ3) is 9.11. The standard InChI is InChI=1S/C26H30Cl2NO.C10H8O3S.C7H8/c1-5-13-26(4)15-22(19-7-6-8-21(28)14-19)24(18-9-11-20(27)12-10-18)29-23(17(2)3)16-30-25(26)29;11-14(12,13)10-7-3-5-8-4-1-2-6-9(8)10;1-7-5-3-2-4-6-7/h5-12,14,17,22-24H,1,13,15-16H2,2-4H3;1-7H,(H,11,12,13);2-6H,1H3/q+1;;/p-1/t22-,23-,24?,26+;;/m1../s1. The van der Waals surface area contributed by atoms with Gasteiger partial charge in [0, 0.05) is 21.5 Å². The molecule has 5 aromatic carbocycles. The van der Waals surface area contributed by atoms with Gasteiger partial charge in [-0.1, -0.05) is 140 Å². The van der Waals surface area contributed by atoms with Crippen molar-refractivity contribution in [2.75, 3.05) is 6.61 Å². The first-order chi connectivity index (χ1) is 24.3. The maximum atomic E-state index is 10.9. The molecule has 0 spiro atoms. The molecule has 2 heterocycles. The van der Waals surface area contributed by atoms with Crippen LogP contribution in [0.15, 0.2) is 139 Å². The number of aryl methyl sites for hydroxylation is 1. The van der Waals surface area contributed by atoms with Crippen LogP contribution in [-0.4, -0.2) is 36.1 Å². The first-order valence-electron chi connectivity index (χ1n) is 17.2. The van der Waals surface area contributed by atoms with Gasteiger partial charge in [0.05, 0.1) is 16.2 Å². The molecule has 0 fully saturated rings. The van der Waals surface area contributed by atoms with Gasteiger partial charge in [0.2, 0.25) is 0 Å². The number of allylic oxidation sites excluding steroid dienone is 1. The highest BCUT2D eigenvalue weighted by Crippen LogP contribution is 2.51. The van der Waals surface area contributed by atoms with Gasteiger partial charge in [0.1, 0.15) is 10.1 Å². The summed E-state index contributed by atoms with van der Waals surface area (Å²) in [4.78, 5) is -0.157. The number of ether oxygens (including phenoxy) is 1. The van der Waals surface area contributed by atoms with Gasteiger partial charge in [0.15, 0.2) is 18.7 Å². The third-order valence-corrected chi connectivity index (χ3v) is 11.0. The molecule has 8 heteroatoms. The summed E-state index contributed by atoms with van der Waals surface area (Å²) in [6.07, 6.45) is 3.88. The third-order valence-electron chi connectivity index (χ3n) is 9.66. The SMILES string of the molecule is C=CC[C@@]1(C)C[C@H](c2cccc(Cl)c2)C(c2ccc(Cl)cc2)[N+]2=C1OC[C@@H]2C(C)C.Cc1ccccc1.O=S(=O)([O-])c1cccc2ccccc12. The van der Waals surface area contributed by atoms with Crippen LogP contribution in [0, 0.1) is 18.3 Å². The van der Waals surface area contributed by atoms with Crippen molar-refractivity contribution in [2.24, 2.45) is 11.3 Å². The van der Waals surface area contributed by atoms with E-state index >= 15 is 0 Å². The van der Waals surface area contributed by atoms with Crippen LogP contribution in [0.2, 0.25) is 10.0 Å². The minimum atomic E-state index is -4.38. The van der Waals surface area contributed by atoms with Gasteiger partial charge in [-0.25, -0.2) is 8.42 Å². The summed E-state index contributed by atoms with van der Waals surface area (Å²) in [5.41, 5.74) is 3.76. The molecule has 0 bridgehead atoms. The quantitative estimate of drug-likeness (QED) is 0.0987. The monoisotopic (exact) mass is 741 g/mol. The van der Waals surface area contributed by atoms with Crippen molar-refractivity contribution in [3.63, 3.8) is 0 Å². The molecule has 7 rings (SSSR count). The fourth-order valence-electron chi connectivity index (χ4n) is 7.21. The maximum Gasteiger partial charge on any atom is 0.343 e. The summed E-state index contributed by atoms with van der Waals surface area (Å²) < 4.78 is 41.7. The number of halogens is 2. The normalized spacial score (nSPS) is 21.1. The van der Waals surface area contributed by atoms with E-state index in [9.17, 15) is 13.0 Å². The second-order valence-corrected chi connectivity index (χ2v) is 16.1. The summed E-state index contributed by atoms with van der Waals surface area (Å²) >= 11 is 12.7. The fraction of sp³-hybridized carbons (Fsp3) is 0.279. The predicted octanol–water partition coefficient (Wildman–Crippen LogP) is 11.0. The molecular formula is C43H45Cl2NO4S. The average Bonchev–Trinajstić information content (AvgIpc) is 3.56. The van der Waals surface area contributed by atoms with Gasteiger partial charge in [-0.3, -0.25) is 0 Å². The molecule has 51 heavy (non-hydrogen) atoms. The van der Waals surface area contributed by atoms with Crippen molar-refractivity contribution in [2.45, 2.75) is 63.4 Å². The molecular weight excluding hydrogens is 697 g/mol. The first-order valence-corrected chi connectivity index (χ1v) is 19.3. The zero-order valence-corrected chi connectivity index (χ0v) is 31.8. The van der Waals surface area contributed by atoms with Crippen molar-refractivity contribution >= 4 is 50.0 Å². The Bertz CT molecular complexity index is 2090. The number of fused-ring (bicyclic) bond motifs is 1. The van der Waals surface area contributed by atoms with E-state index < -0.39 is 10.1 Å². The molecule has 1 unspecified atom stereocenters. The lowest BCUT2D eigenvalue weighted by Crippen LogP contribution is -2.46. The van der Waals surface area contributed by atoms with E-state index in [0.29, 0.717) is 17.3 Å². The predicted molar refractivity (Wildman–Crippen MR) is 209 cm³/mol. The van der Waals surface area contributed by atoms with Crippen molar-refractivity contribution in [3.05, 3.63) is 161 Å². The number of hydrogen-bond donors (Lipinski definition) is 0. The zero-order chi connectivity index (χ0) is 36.8. The molecule has 2 aliphatic rings. The van der Waals surface area contributed by atoms with Crippen molar-refractivity contribution in [1.29, 1.82) is 0 Å². The van der Waals surface area contributed by atoms with E-state index in [1.807, 2.05) is 42.5 Å². The van der Waals surface area contributed by atoms with Crippen LogP contribution in [0.25, 0.3) is 10.8 Å². The number of nitrogens with zero attached hydrogens (tertiary/aromatic N) is 1. The van der Waals surface area contributed by atoms with Gasteiger partial charge < -0.3 is 9.29 Å². The van der Waals surface area contributed by atoms with Gasteiger partial charge in [-0.05, 0) is 73.4 Å². The first kappa shape index (κ1) is 38.3. The number of benzene rings is 5. The maximum absolute atomic E-state index is 10.9. The van der Waals surface area contributed by atoms with Gasteiger partial charge >= 0.3 is 5.90 Å². The lowest BCUT2D eigenvalue weighted by atomic mass is 9.69. The number of rotatable bonds is 6.